The fourth-order valence-corrected chi connectivity index (χ4v) is 2.12. The van der Waals surface area contributed by atoms with Crippen LogP contribution in [0, 0.1) is 0 Å². The molecule has 1 heterocycles. The summed E-state index contributed by atoms with van der Waals surface area (Å²) in [5, 5.41) is 0. The molecule has 2 rings (SSSR count). The first-order chi connectivity index (χ1) is 9.04. The first kappa shape index (κ1) is 13.5. The van der Waals surface area contributed by atoms with Gasteiger partial charge in [-0.25, -0.2) is 0 Å². The molecule has 100 valence electrons. The van der Waals surface area contributed by atoms with Gasteiger partial charge in [0, 0.05) is 6.92 Å². The van der Waals surface area contributed by atoms with Crippen LogP contribution in [0.3, 0.4) is 0 Å². The topological polar surface area (TPSA) is 63.7 Å². The molecule has 0 bridgehead atoms. The molecule has 1 aliphatic heterocycles. The Morgan fingerprint density at radius 2 is 1.79 bits per heavy atom. The molecule has 0 saturated heterocycles. The van der Waals surface area contributed by atoms with E-state index in [2.05, 4.69) is 0 Å². The zero-order chi connectivity index (χ0) is 14.0. The van der Waals surface area contributed by atoms with Crippen LogP contribution in [0.15, 0.2) is 24.3 Å². The van der Waals surface area contributed by atoms with E-state index in [4.69, 9.17) is 16.3 Å². The van der Waals surface area contributed by atoms with Crippen LogP contribution in [-0.4, -0.2) is 41.2 Å². The van der Waals surface area contributed by atoms with Gasteiger partial charge < -0.3 is 4.74 Å². The molecule has 1 unspecified atom stereocenters. The Kier molecular flexibility index (Phi) is 3.85. The molecule has 19 heavy (non-hydrogen) atoms. The molecule has 0 aliphatic carbocycles. The number of rotatable bonds is 4. The van der Waals surface area contributed by atoms with Gasteiger partial charge in [0.05, 0.1) is 23.6 Å². The highest BCUT2D eigenvalue weighted by molar-refractivity contribution is 6.21. The Bertz CT molecular complexity index is 508. The molecule has 1 aromatic rings. The number of halogens is 1. The van der Waals surface area contributed by atoms with Crippen molar-refractivity contribution in [1.29, 1.82) is 0 Å². The van der Waals surface area contributed by atoms with Crippen LogP contribution in [-0.2, 0) is 9.53 Å². The second-order valence-electron chi connectivity index (χ2n) is 4.15. The number of hydrogen-bond acceptors (Lipinski definition) is 4. The highest BCUT2D eigenvalue weighted by Crippen LogP contribution is 2.22. The minimum Gasteiger partial charge on any atom is -0.459 e. The number of benzene rings is 1. The zero-order valence-corrected chi connectivity index (χ0v) is 11.0. The highest BCUT2D eigenvalue weighted by atomic mass is 35.5. The number of amides is 2. The van der Waals surface area contributed by atoms with E-state index in [0.717, 1.165) is 4.90 Å². The van der Waals surface area contributed by atoms with Crippen molar-refractivity contribution in [3.63, 3.8) is 0 Å². The number of fused-ring (bicyclic) bond motifs is 1. The van der Waals surface area contributed by atoms with Gasteiger partial charge in [0.1, 0.15) is 6.10 Å². The predicted molar refractivity (Wildman–Crippen MR) is 68.1 cm³/mol. The van der Waals surface area contributed by atoms with E-state index in [9.17, 15) is 14.4 Å². The minimum atomic E-state index is -0.693. The molecule has 1 aromatic carbocycles. The first-order valence-electron chi connectivity index (χ1n) is 5.73. The van der Waals surface area contributed by atoms with E-state index in [1.807, 2.05) is 0 Å². The summed E-state index contributed by atoms with van der Waals surface area (Å²) in [6, 6.07) is 6.57. The van der Waals surface area contributed by atoms with Crippen molar-refractivity contribution in [2.75, 3.05) is 12.4 Å². The third-order valence-electron chi connectivity index (χ3n) is 2.77. The summed E-state index contributed by atoms with van der Waals surface area (Å²) < 4.78 is 4.94. The van der Waals surface area contributed by atoms with Crippen molar-refractivity contribution in [2.45, 2.75) is 13.0 Å². The lowest BCUT2D eigenvalue weighted by atomic mass is 10.1. The predicted octanol–water partition coefficient (Wildman–Crippen LogP) is 1.45. The number of esters is 1. The number of nitrogens with zero attached hydrogens (tertiary/aromatic N) is 1. The molecular formula is C13H12ClNO4. The van der Waals surface area contributed by atoms with Crippen LogP contribution in [0.2, 0.25) is 0 Å². The maximum atomic E-state index is 12.1. The Morgan fingerprint density at radius 3 is 2.21 bits per heavy atom. The van der Waals surface area contributed by atoms with E-state index in [1.54, 1.807) is 24.3 Å². The molecule has 0 saturated carbocycles. The number of imide groups is 1. The van der Waals surface area contributed by atoms with Crippen LogP contribution >= 0.6 is 11.6 Å². The normalized spacial score (nSPS) is 15.4. The van der Waals surface area contributed by atoms with Gasteiger partial charge in [-0.15, -0.1) is 11.6 Å². The standard InChI is InChI=1S/C13H12ClNO4/c1-8(16)19-9(6-14)7-15-12(17)10-4-2-3-5-11(10)13(15)18/h2-5,9H,6-7H2,1H3. The van der Waals surface area contributed by atoms with Crippen LogP contribution in [0.4, 0.5) is 0 Å². The van der Waals surface area contributed by atoms with E-state index in [1.165, 1.54) is 6.92 Å². The second kappa shape index (κ2) is 5.40. The second-order valence-corrected chi connectivity index (χ2v) is 4.46. The monoisotopic (exact) mass is 281 g/mol. The van der Waals surface area contributed by atoms with Crippen molar-refractivity contribution in [3.8, 4) is 0 Å². The third kappa shape index (κ3) is 2.61. The molecule has 0 fully saturated rings. The summed E-state index contributed by atoms with van der Waals surface area (Å²) in [6.07, 6.45) is -0.693. The van der Waals surface area contributed by atoms with Gasteiger partial charge >= 0.3 is 5.97 Å². The van der Waals surface area contributed by atoms with Crippen LogP contribution < -0.4 is 0 Å². The van der Waals surface area contributed by atoms with Gasteiger partial charge in [-0.2, -0.15) is 0 Å². The molecule has 6 heteroatoms. The molecule has 0 radical (unpaired) electrons. The highest BCUT2D eigenvalue weighted by Gasteiger charge is 2.36. The number of carbonyl (C=O) groups excluding carboxylic acids is 3. The average molecular weight is 282 g/mol. The Labute approximate surface area is 115 Å². The minimum absolute atomic E-state index is 0.0208. The van der Waals surface area contributed by atoms with Gasteiger partial charge in [-0.3, -0.25) is 19.3 Å². The maximum absolute atomic E-state index is 12.1. The summed E-state index contributed by atoms with van der Waals surface area (Å²) in [5.41, 5.74) is 0.729. The number of carbonyl (C=O) groups is 3. The van der Waals surface area contributed by atoms with Crippen molar-refractivity contribution < 1.29 is 19.1 Å². The Balaban J connectivity index is 2.17. The molecule has 1 atom stereocenters. The fourth-order valence-electron chi connectivity index (χ4n) is 1.96. The quantitative estimate of drug-likeness (QED) is 0.476. The van der Waals surface area contributed by atoms with Gasteiger partial charge in [0.25, 0.3) is 11.8 Å². The van der Waals surface area contributed by atoms with Crippen molar-refractivity contribution in [1.82, 2.24) is 4.90 Å². The molecule has 0 spiro atoms. The van der Waals surface area contributed by atoms with Gasteiger partial charge in [0.15, 0.2) is 0 Å². The lowest BCUT2D eigenvalue weighted by molar-refractivity contribution is -0.145. The van der Waals surface area contributed by atoms with Gasteiger partial charge in [0.2, 0.25) is 0 Å². The molecule has 5 nitrogen and oxygen atoms in total. The summed E-state index contributed by atoms with van der Waals surface area (Å²) in [5.74, 6) is -1.25. The van der Waals surface area contributed by atoms with Crippen LogP contribution in [0.5, 0.6) is 0 Å². The van der Waals surface area contributed by atoms with E-state index in [0.29, 0.717) is 11.1 Å². The first-order valence-corrected chi connectivity index (χ1v) is 6.26. The fraction of sp³-hybridized carbons (Fsp3) is 0.308. The maximum Gasteiger partial charge on any atom is 0.303 e. The summed E-state index contributed by atoms with van der Waals surface area (Å²) in [4.78, 5) is 36.1. The average Bonchev–Trinajstić information content (AvgIpc) is 2.63. The largest absolute Gasteiger partial charge is 0.459 e. The van der Waals surface area contributed by atoms with E-state index in [-0.39, 0.29) is 24.2 Å². The molecule has 0 N–H and O–H groups in total. The van der Waals surface area contributed by atoms with Crippen molar-refractivity contribution in [3.05, 3.63) is 35.4 Å². The smallest absolute Gasteiger partial charge is 0.303 e. The van der Waals surface area contributed by atoms with E-state index < -0.39 is 12.1 Å². The summed E-state index contributed by atoms with van der Waals surface area (Å²) in [7, 11) is 0. The Hall–Kier alpha value is -1.88. The number of alkyl halides is 1. The van der Waals surface area contributed by atoms with E-state index >= 15 is 0 Å². The number of ether oxygens (including phenoxy) is 1. The third-order valence-corrected chi connectivity index (χ3v) is 3.11. The molecule has 0 aromatic heterocycles. The SMILES string of the molecule is CC(=O)OC(CCl)CN1C(=O)c2ccccc2C1=O. The molecule has 1 aliphatic rings. The number of hydrogen-bond donors (Lipinski definition) is 0. The van der Waals surface area contributed by atoms with Crippen LogP contribution in [0.1, 0.15) is 27.6 Å². The lowest BCUT2D eigenvalue weighted by Gasteiger charge is -2.20. The molecular weight excluding hydrogens is 270 g/mol. The van der Waals surface area contributed by atoms with Crippen molar-refractivity contribution >= 4 is 29.4 Å². The summed E-state index contributed by atoms with van der Waals surface area (Å²) >= 11 is 5.67. The van der Waals surface area contributed by atoms with Crippen molar-refractivity contribution in [2.24, 2.45) is 0 Å². The van der Waals surface area contributed by atoms with Gasteiger partial charge in [-0.1, -0.05) is 12.1 Å². The lowest BCUT2D eigenvalue weighted by Crippen LogP contribution is -2.39. The van der Waals surface area contributed by atoms with Crippen LogP contribution in [0.25, 0.3) is 0 Å². The Morgan fingerprint density at radius 1 is 1.26 bits per heavy atom. The molecule has 2 amide bonds. The zero-order valence-electron chi connectivity index (χ0n) is 10.3. The van der Waals surface area contributed by atoms with Gasteiger partial charge in [-0.05, 0) is 12.1 Å². The summed E-state index contributed by atoms with van der Waals surface area (Å²) in [6.45, 7) is 1.22.